The molecule has 0 saturated heterocycles. The molecule has 3 heteroatoms. The van der Waals surface area contributed by atoms with Crippen LogP contribution in [0.1, 0.15) is 30.0 Å². The van der Waals surface area contributed by atoms with Crippen molar-refractivity contribution in [2.24, 2.45) is 0 Å². The molecule has 0 aliphatic heterocycles. The first-order valence-electron chi connectivity index (χ1n) is 5.75. The SMILES string of the molecule is CC(=O)NCCC=Cc1cc(CO)ccc1C. The van der Waals surface area contributed by atoms with Crippen LogP contribution < -0.4 is 5.32 Å². The van der Waals surface area contributed by atoms with Gasteiger partial charge in [0.2, 0.25) is 5.91 Å². The molecule has 0 atom stereocenters. The summed E-state index contributed by atoms with van der Waals surface area (Å²) in [5.41, 5.74) is 3.20. The fourth-order valence-electron chi connectivity index (χ4n) is 1.51. The van der Waals surface area contributed by atoms with E-state index in [4.69, 9.17) is 5.11 Å². The standard InChI is InChI=1S/C14H19NO2/c1-11-6-7-13(10-16)9-14(11)5-3-4-8-15-12(2)17/h3,5-7,9,16H,4,8,10H2,1-2H3,(H,15,17). The molecule has 1 aromatic rings. The smallest absolute Gasteiger partial charge is 0.216 e. The predicted octanol–water partition coefficient (Wildman–Crippen LogP) is 2.03. The molecule has 1 rings (SSSR count). The topological polar surface area (TPSA) is 49.3 Å². The summed E-state index contributed by atoms with van der Waals surface area (Å²) < 4.78 is 0. The number of benzene rings is 1. The number of rotatable bonds is 5. The second-order valence-electron chi connectivity index (χ2n) is 4.02. The molecule has 0 saturated carbocycles. The van der Waals surface area contributed by atoms with Gasteiger partial charge in [0.05, 0.1) is 6.61 Å². The quantitative estimate of drug-likeness (QED) is 0.764. The first kappa shape index (κ1) is 13.5. The third kappa shape index (κ3) is 4.83. The van der Waals surface area contributed by atoms with Crippen molar-refractivity contribution in [3.63, 3.8) is 0 Å². The number of nitrogens with one attached hydrogen (secondary N) is 1. The van der Waals surface area contributed by atoms with Gasteiger partial charge in [0, 0.05) is 13.5 Å². The Balaban J connectivity index is 2.55. The Labute approximate surface area is 102 Å². The lowest BCUT2D eigenvalue weighted by molar-refractivity contribution is -0.118. The van der Waals surface area contributed by atoms with E-state index in [0.717, 1.165) is 17.5 Å². The van der Waals surface area contributed by atoms with Crippen LogP contribution in [0.4, 0.5) is 0 Å². The maximum absolute atomic E-state index is 10.7. The van der Waals surface area contributed by atoms with Gasteiger partial charge in [-0.1, -0.05) is 24.3 Å². The molecule has 2 N–H and O–H groups in total. The van der Waals surface area contributed by atoms with E-state index in [1.807, 2.05) is 37.3 Å². The van der Waals surface area contributed by atoms with Crippen molar-refractivity contribution >= 4 is 12.0 Å². The summed E-state index contributed by atoms with van der Waals surface area (Å²) in [6.45, 7) is 4.27. The lowest BCUT2D eigenvalue weighted by atomic mass is 10.0. The normalized spacial score (nSPS) is 10.8. The minimum Gasteiger partial charge on any atom is -0.392 e. The Morgan fingerprint density at radius 3 is 2.88 bits per heavy atom. The Hall–Kier alpha value is -1.61. The third-order valence-corrected chi connectivity index (χ3v) is 2.51. The van der Waals surface area contributed by atoms with E-state index in [1.165, 1.54) is 12.5 Å². The highest BCUT2D eigenvalue weighted by Gasteiger charge is 1.96. The van der Waals surface area contributed by atoms with Crippen molar-refractivity contribution in [3.8, 4) is 0 Å². The lowest BCUT2D eigenvalue weighted by Gasteiger charge is -2.03. The van der Waals surface area contributed by atoms with E-state index in [1.54, 1.807) is 0 Å². The van der Waals surface area contributed by atoms with E-state index >= 15 is 0 Å². The Kier molecular flexibility index (Phi) is 5.43. The molecule has 3 nitrogen and oxygen atoms in total. The second kappa shape index (κ2) is 6.86. The highest BCUT2D eigenvalue weighted by molar-refractivity contribution is 5.72. The van der Waals surface area contributed by atoms with Crippen LogP contribution in [0, 0.1) is 6.92 Å². The first-order chi connectivity index (χ1) is 8.13. The Morgan fingerprint density at radius 1 is 1.47 bits per heavy atom. The van der Waals surface area contributed by atoms with Crippen LogP contribution >= 0.6 is 0 Å². The van der Waals surface area contributed by atoms with Gasteiger partial charge in [-0.3, -0.25) is 4.79 Å². The molecule has 0 aromatic heterocycles. The Morgan fingerprint density at radius 2 is 2.24 bits per heavy atom. The summed E-state index contributed by atoms with van der Waals surface area (Å²) in [6, 6.07) is 5.90. The molecular weight excluding hydrogens is 214 g/mol. The average molecular weight is 233 g/mol. The fourth-order valence-corrected chi connectivity index (χ4v) is 1.51. The van der Waals surface area contributed by atoms with Crippen LogP contribution in [-0.2, 0) is 11.4 Å². The van der Waals surface area contributed by atoms with Crippen LogP contribution in [-0.4, -0.2) is 17.6 Å². The molecule has 0 fully saturated rings. The van der Waals surface area contributed by atoms with Crippen molar-refractivity contribution in [3.05, 3.63) is 41.0 Å². The number of aryl methyl sites for hydroxylation is 1. The Bertz CT molecular complexity index is 411. The number of aliphatic hydroxyl groups is 1. The van der Waals surface area contributed by atoms with Crippen molar-refractivity contribution in [1.82, 2.24) is 5.32 Å². The van der Waals surface area contributed by atoms with Gasteiger partial charge in [0.1, 0.15) is 0 Å². The largest absolute Gasteiger partial charge is 0.392 e. The van der Waals surface area contributed by atoms with Crippen LogP contribution in [0.2, 0.25) is 0 Å². The van der Waals surface area contributed by atoms with Gasteiger partial charge in [-0.2, -0.15) is 0 Å². The second-order valence-corrected chi connectivity index (χ2v) is 4.02. The van der Waals surface area contributed by atoms with Gasteiger partial charge in [-0.15, -0.1) is 0 Å². The maximum atomic E-state index is 10.7. The van der Waals surface area contributed by atoms with Gasteiger partial charge in [0.25, 0.3) is 0 Å². The highest BCUT2D eigenvalue weighted by Crippen LogP contribution is 2.13. The first-order valence-corrected chi connectivity index (χ1v) is 5.75. The summed E-state index contributed by atoms with van der Waals surface area (Å²) in [5.74, 6) is -0.00291. The van der Waals surface area contributed by atoms with Crippen molar-refractivity contribution in [2.75, 3.05) is 6.54 Å². The van der Waals surface area contributed by atoms with Gasteiger partial charge in [0.15, 0.2) is 0 Å². The van der Waals surface area contributed by atoms with Gasteiger partial charge < -0.3 is 10.4 Å². The van der Waals surface area contributed by atoms with E-state index in [-0.39, 0.29) is 12.5 Å². The van der Waals surface area contributed by atoms with E-state index in [9.17, 15) is 4.79 Å². The zero-order valence-electron chi connectivity index (χ0n) is 10.4. The van der Waals surface area contributed by atoms with Crippen LogP contribution in [0.5, 0.6) is 0 Å². The van der Waals surface area contributed by atoms with Gasteiger partial charge >= 0.3 is 0 Å². The molecule has 0 spiro atoms. The molecule has 0 unspecified atom stereocenters. The molecule has 92 valence electrons. The molecule has 1 amide bonds. The number of hydrogen-bond donors (Lipinski definition) is 2. The van der Waals surface area contributed by atoms with Crippen molar-refractivity contribution < 1.29 is 9.90 Å². The summed E-state index contributed by atoms with van der Waals surface area (Å²) >= 11 is 0. The van der Waals surface area contributed by atoms with Crippen molar-refractivity contribution in [2.45, 2.75) is 26.9 Å². The number of aliphatic hydroxyl groups excluding tert-OH is 1. The van der Waals surface area contributed by atoms with Gasteiger partial charge in [-0.05, 0) is 36.1 Å². The molecule has 0 aliphatic rings. The fraction of sp³-hybridized carbons (Fsp3) is 0.357. The number of amides is 1. The summed E-state index contributed by atoms with van der Waals surface area (Å²) in [7, 11) is 0. The molecule has 0 heterocycles. The van der Waals surface area contributed by atoms with Crippen LogP contribution in [0.25, 0.3) is 6.08 Å². The number of hydrogen-bond acceptors (Lipinski definition) is 2. The predicted molar refractivity (Wildman–Crippen MR) is 69.4 cm³/mol. The van der Waals surface area contributed by atoms with E-state index < -0.39 is 0 Å². The van der Waals surface area contributed by atoms with Crippen molar-refractivity contribution in [1.29, 1.82) is 0 Å². The molecule has 0 aliphatic carbocycles. The van der Waals surface area contributed by atoms with Gasteiger partial charge in [-0.25, -0.2) is 0 Å². The molecule has 1 aromatic carbocycles. The lowest BCUT2D eigenvalue weighted by Crippen LogP contribution is -2.20. The molecular formula is C14H19NO2. The highest BCUT2D eigenvalue weighted by atomic mass is 16.3. The summed E-state index contributed by atoms with van der Waals surface area (Å²) in [5, 5.41) is 11.8. The summed E-state index contributed by atoms with van der Waals surface area (Å²) in [6.07, 6.45) is 4.86. The monoisotopic (exact) mass is 233 g/mol. The summed E-state index contributed by atoms with van der Waals surface area (Å²) in [4.78, 5) is 10.7. The van der Waals surface area contributed by atoms with Crippen LogP contribution in [0.15, 0.2) is 24.3 Å². The zero-order valence-corrected chi connectivity index (χ0v) is 10.4. The number of carbonyl (C=O) groups excluding carboxylic acids is 1. The van der Waals surface area contributed by atoms with E-state index in [0.29, 0.717) is 6.54 Å². The third-order valence-electron chi connectivity index (χ3n) is 2.51. The minimum absolute atomic E-state index is 0.00291. The van der Waals surface area contributed by atoms with E-state index in [2.05, 4.69) is 5.32 Å². The molecule has 17 heavy (non-hydrogen) atoms. The number of carbonyl (C=O) groups is 1. The zero-order chi connectivity index (χ0) is 12.7. The minimum atomic E-state index is -0.00291. The molecule has 0 radical (unpaired) electrons. The molecule has 0 bridgehead atoms. The van der Waals surface area contributed by atoms with Crippen LogP contribution in [0.3, 0.4) is 0 Å². The average Bonchev–Trinajstić information content (AvgIpc) is 2.30. The maximum Gasteiger partial charge on any atom is 0.216 e.